The Labute approximate surface area is 180 Å². The quantitative estimate of drug-likeness (QED) is 0.514. The molecule has 6 rings (SSSR count). The third-order valence-corrected chi connectivity index (χ3v) is 5.82. The molecule has 0 radical (unpaired) electrons. The van der Waals surface area contributed by atoms with Crippen molar-refractivity contribution in [1.29, 1.82) is 0 Å². The van der Waals surface area contributed by atoms with Crippen molar-refractivity contribution < 1.29 is 23.0 Å². The molecule has 3 aromatic heterocycles. The van der Waals surface area contributed by atoms with Crippen LogP contribution in [0.15, 0.2) is 36.8 Å². The minimum atomic E-state index is -0.511. The fourth-order valence-corrected chi connectivity index (χ4v) is 4.37. The van der Waals surface area contributed by atoms with Gasteiger partial charge >= 0.3 is 0 Å². The van der Waals surface area contributed by atoms with E-state index in [-0.39, 0.29) is 30.8 Å². The number of ether oxygens (including phenoxy) is 3. The van der Waals surface area contributed by atoms with Crippen molar-refractivity contribution in [1.82, 2.24) is 19.6 Å². The molecule has 2 aliphatic heterocycles. The highest BCUT2D eigenvalue weighted by Gasteiger charge is 2.32. The normalized spacial score (nSPS) is 16.7. The minimum Gasteiger partial charge on any atom is -0.493 e. The fourth-order valence-electron chi connectivity index (χ4n) is 4.37. The summed E-state index contributed by atoms with van der Waals surface area (Å²) in [7, 11) is 1.46. The molecule has 0 saturated heterocycles. The first-order valence-corrected chi connectivity index (χ1v) is 10.0. The van der Waals surface area contributed by atoms with Crippen LogP contribution in [0.3, 0.4) is 0 Å². The first-order chi connectivity index (χ1) is 15.6. The van der Waals surface area contributed by atoms with Gasteiger partial charge in [-0.15, -0.1) is 10.2 Å². The number of aromatic nitrogens is 4. The molecule has 0 bridgehead atoms. The van der Waals surface area contributed by atoms with E-state index in [1.165, 1.54) is 25.6 Å². The van der Waals surface area contributed by atoms with E-state index in [0.29, 0.717) is 46.3 Å². The molecule has 0 fully saturated rings. The lowest BCUT2D eigenvalue weighted by molar-refractivity contribution is 0.249. The molecule has 1 N–H and O–H groups in total. The van der Waals surface area contributed by atoms with Gasteiger partial charge in [0.2, 0.25) is 5.88 Å². The first kappa shape index (κ1) is 18.8. The number of methoxy groups -OCH3 is 1. The van der Waals surface area contributed by atoms with Gasteiger partial charge in [0.05, 0.1) is 38.0 Å². The molecule has 0 unspecified atom stereocenters. The van der Waals surface area contributed by atoms with Crippen molar-refractivity contribution in [3.05, 3.63) is 59.6 Å². The van der Waals surface area contributed by atoms with Crippen LogP contribution in [0.2, 0.25) is 0 Å². The number of anilines is 1. The van der Waals surface area contributed by atoms with Crippen molar-refractivity contribution in [3.8, 4) is 28.5 Å². The number of fused-ring (bicyclic) bond motifs is 3. The van der Waals surface area contributed by atoms with Gasteiger partial charge in [0.15, 0.2) is 17.2 Å². The van der Waals surface area contributed by atoms with E-state index in [0.717, 1.165) is 11.8 Å². The number of nitrogens with one attached hydrogen (secondary N) is 1. The van der Waals surface area contributed by atoms with Crippen LogP contribution in [0.1, 0.15) is 17.0 Å². The summed E-state index contributed by atoms with van der Waals surface area (Å²) in [6.07, 6.45) is 2.61. The lowest BCUT2D eigenvalue weighted by Crippen LogP contribution is -2.13. The highest BCUT2D eigenvalue weighted by molar-refractivity contribution is 5.84. The summed E-state index contributed by atoms with van der Waals surface area (Å²) in [5, 5.41) is 11.5. The number of rotatable bonds is 2. The van der Waals surface area contributed by atoms with E-state index < -0.39 is 5.82 Å². The second-order valence-electron chi connectivity index (χ2n) is 7.62. The van der Waals surface area contributed by atoms with Crippen molar-refractivity contribution in [2.75, 3.05) is 25.6 Å². The van der Waals surface area contributed by atoms with E-state index in [1.807, 2.05) is 0 Å². The maximum atomic E-state index is 14.7. The zero-order chi connectivity index (χ0) is 21.8. The van der Waals surface area contributed by atoms with Gasteiger partial charge in [-0.3, -0.25) is 4.40 Å². The molecular weight excluding hydrogens is 420 g/mol. The molecule has 0 amide bonds. The highest BCUT2D eigenvalue weighted by Crippen LogP contribution is 2.42. The molecule has 4 aromatic rings. The van der Waals surface area contributed by atoms with Gasteiger partial charge in [-0.05, 0) is 24.3 Å². The molecule has 1 atom stereocenters. The Bertz CT molecular complexity index is 1370. The standard InChI is InChI=1S/C22H17F2N5O3/c1-30-22-14(4-12(23)6-26-22)13-5-18-21(29-10-27-28-20(13)29)25-7-15-16(24)2-3-17-19(15)11(8-31-17)9-32-18/h2-6,10-11,25H,7-9H2,1H3/t11-/m0/s1. The Morgan fingerprint density at radius 3 is 2.81 bits per heavy atom. The van der Waals surface area contributed by atoms with Crippen LogP contribution < -0.4 is 19.5 Å². The maximum Gasteiger partial charge on any atom is 0.221 e. The maximum absolute atomic E-state index is 14.7. The molecule has 32 heavy (non-hydrogen) atoms. The van der Waals surface area contributed by atoms with Crippen molar-refractivity contribution in [2.45, 2.75) is 12.5 Å². The molecule has 0 saturated carbocycles. The molecule has 8 nitrogen and oxygen atoms in total. The van der Waals surface area contributed by atoms with E-state index >= 15 is 0 Å². The SMILES string of the molecule is COc1ncc(F)cc1-c1cc2c(n3cnnc13)NCc1c(F)ccc3c1[C@@H](CO3)CO2. The summed E-state index contributed by atoms with van der Waals surface area (Å²) in [5.41, 5.74) is 2.77. The summed E-state index contributed by atoms with van der Waals surface area (Å²) < 4.78 is 47.7. The van der Waals surface area contributed by atoms with E-state index in [1.54, 1.807) is 16.5 Å². The van der Waals surface area contributed by atoms with Gasteiger partial charge in [0.1, 0.15) is 23.7 Å². The van der Waals surface area contributed by atoms with E-state index in [2.05, 4.69) is 20.5 Å². The number of benzene rings is 1. The second-order valence-corrected chi connectivity index (χ2v) is 7.62. The molecule has 0 aliphatic carbocycles. The number of hydrogen-bond donors (Lipinski definition) is 1. The highest BCUT2D eigenvalue weighted by atomic mass is 19.1. The average molecular weight is 437 g/mol. The van der Waals surface area contributed by atoms with Crippen LogP contribution in [0, 0.1) is 11.6 Å². The Kier molecular flexibility index (Phi) is 4.14. The third kappa shape index (κ3) is 2.75. The Hall–Kier alpha value is -3.95. The monoisotopic (exact) mass is 437 g/mol. The molecular formula is C22H17F2N5O3. The van der Waals surface area contributed by atoms with Gasteiger partial charge < -0.3 is 19.5 Å². The summed E-state index contributed by atoms with van der Waals surface area (Å²) in [6, 6.07) is 6.14. The second kappa shape index (κ2) is 7.04. The zero-order valence-electron chi connectivity index (χ0n) is 16.9. The van der Waals surface area contributed by atoms with E-state index in [9.17, 15) is 8.78 Å². The minimum absolute atomic E-state index is 0.117. The first-order valence-electron chi connectivity index (χ1n) is 10.0. The van der Waals surface area contributed by atoms with Crippen molar-refractivity contribution in [3.63, 3.8) is 0 Å². The predicted molar refractivity (Wildman–Crippen MR) is 110 cm³/mol. The lowest BCUT2D eigenvalue weighted by Gasteiger charge is -2.17. The zero-order valence-corrected chi connectivity index (χ0v) is 16.9. The van der Waals surface area contributed by atoms with E-state index in [4.69, 9.17) is 14.2 Å². The molecule has 5 heterocycles. The van der Waals surface area contributed by atoms with Gasteiger partial charge in [-0.2, -0.15) is 0 Å². The number of halogens is 2. The van der Waals surface area contributed by atoms with Crippen LogP contribution in [0.25, 0.3) is 16.8 Å². The topological polar surface area (TPSA) is 82.8 Å². The molecule has 0 spiro atoms. The van der Waals surface area contributed by atoms with Gasteiger partial charge in [0.25, 0.3) is 0 Å². The third-order valence-electron chi connectivity index (χ3n) is 5.82. The Balaban J connectivity index is 1.53. The largest absolute Gasteiger partial charge is 0.493 e. The van der Waals surface area contributed by atoms with Crippen molar-refractivity contribution in [2.24, 2.45) is 0 Å². The van der Waals surface area contributed by atoms with Gasteiger partial charge in [-0.25, -0.2) is 13.8 Å². The van der Waals surface area contributed by atoms with Crippen molar-refractivity contribution >= 4 is 11.5 Å². The predicted octanol–water partition coefficient (Wildman–Crippen LogP) is 3.56. The lowest BCUT2D eigenvalue weighted by atomic mass is 9.96. The number of pyridine rings is 2. The van der Waals surface area contributed by atoms with Crippen LogP contribution >= 0.6 is 0 Å². The number of nitrogens with zero attached hydrogens (tertiary/aromatic N) is 4. The summed E-state index contributed by atoms with van der Waals surface area (Å²) in [6.45, 7) is 0.914. The van der Waals surface area contributed by atoms with Crippen LogP contribution in [0.5, 0.6) is 17.4 Å². The summed E-state index contributed by atoms with van der Waals surface area (Å²) >= 11 is 0. The van der Waals surface area contributed by atoms with Gasteiger partial charge in [-0.1, -0.05) is 0 Å². The van der Waals surface area contributed by atoms with Crippen LogP contribution in [-0.4, -0.2) is 39.9 Å². The van der Waals surface area contributed by atoms with Crippen LogP contribution in [-0.2, 0) is 6.54 Å². The summed E-state index contributed by atoms with van der Waals surface area (Å²) in [4.78, 5) is 4.02. The Morgan fingerprint density at radius 2 is 1.97 bits per heavy atom. The fraction of sp³-hybridized carbons (Fsp3) is 0.227. The molecule has 1 aromatic carbocycles. The molecule has 2 aliphatic rings. The van der Waals surface area contributed by atoms with Crippen LogP contribution in [0.4, 0.5) is 14.6 Å². The number of hydrogen-bond acceptors (Lipinski definition) is 7. The smallest absolute Gasteiger partial charge is 0.221 e. The average Bonchev–Trinajstić information content (AvgIpc) is 3.45. The Morgan fingerprint density at radius 1 is 1.12 bits per heavy atom. The molecule has 10 heteroatoms. The molecule has 162 valence electrons. The summed E-state index contributed by atoms with van der Waals surface area (Å²) in [5.74, 6) is 1.04. The van der Waals surface area contributed by atoms with Gasteiger partial charge in [0, 0.05) is 23.2 Å².